The summed E-state index contributed by atoms with van der Waals surface area (Å²) >= 11 is 0. The summed E-state index contributed by atoms with van der Waals surface area (Å²) < 4.78 is 17.5. The summed E-state index contributed by atoms with van der Waals surface area (Å²) in [5, 5.41) is 12.2. The van der Waals surface area contributed by atoms with Crippen molar-refractivity contribution < 1.29 is 18.8 Å². The molecule has 0 spiro atoms. The molecule has 1 atom stereocenters. The topological polar surface area (TPSA) is 108 Å². The number of carbonyl (C=O) groups is 1. The average Bonchev–Trinajstić information content (AvgIpc) is 3.47. The van der Waals surface area contributed by atoms with E-state index >= 15 is 0 Å². The maximum Gasteiger partial charge on any atom is 0.254 e. The molecule has 2 aliphatic heterocycles. The van der Waals surface area contributed by atoms with E-state index in [9.17, 15) is 4.79 Å². The van der Waals surface area contributed by atoms with Crippen LogP contribution in [0.2, 0.25) is 0 Å². The molecule has 0 N–H and O–H groups in total. The van der Waals surface area contributed by atoms with E-state index in [0.29, 0.717) is 47.6 Å². The summed E-state index contributed by atoms with van der Waals surface area (Å²) in [5.74, 6) is 2.13. The Balaban J connectivity index is 1.32. The van der Waals surface area contributed by atoms with Gasteiger partial charge in [-0.25, -0.2) is 4.68 Å². The Hall–Kier alpha value is -3.43. The van der Waals surface area contributed by atoms with E-state index in [1.807, 2.05) is 4.90 Å². The van der Waals surface area contributed by atoms with Crippen LogP contribution in [-0.2, 0) is 0 Å². The molecule has 4 heterocycles. The molecule has 2 aliphatic rings. The number of ether oxygens (including phenoxy) is 2. The first kappa shape index (κ1) is 16.7. The summed E-state index contributed by atoms with van der Waals surface area (Å²) in [6, 6.07) is 5.32. The number of benzene rings is 1. The number of aromatic nitrogens is 5. The molecule has 28 heavy (non-hydrogen) atoms. The SMILES string of the molecule is Cc1nc(-c2cn([C@H]3CCCN(C(=O)c4ccc5c(c4)OCO5)C3)nn2)no1. The van der Waals surface area contributed by atoms with Gasteiger partial charge >= 0.3 is 0 Å². The fourth-order valence-electron chi connectivity index (χ4n) is 3.53. The van der Waals surface area contributed by atoms with E-state index in [-0.39, 0.29) is 18.7 Å². The molecule has 144 valence electrons. The lowest BCUT2D eigenvalue weighted by molar-refractivity contribution is 0.0671. The van der Waals surface area contributed by atoms with Gasteiger partial charge in [0.1, 0.15) is 0 Å². The van der Waals surface area contributed by atoms with Crippen molar-refractivity contribution in [3.63, 3.8) is 0 Å². The third-order valence-corrected chi connectivity index (χ3v) is 4.94. The molecule has 1 saturated heterocycles. The summed E-state index contributed by atoms with van der Waals surface area (Å²) in [6.45, 7) is 3.17. The Morgan fingerprint density at radius 3 is 3.00 bits per heavy atom. The zero-order valence-corrected chi connectivity index (χ0v) is 15.2. The van der Waals surface area contributed by atoms with Crippen molar-refractivity contribution in [1.82, 2.24) is 30.0 Å². The predicted octanol–water partition coefficient (Wildman–Crippen LogP) is 1.84. The Morgan fingerprint density at radius 1 is 1.25 bits per heavy atom. The molecule has 0 unspecified atom stereocenters. The minimum absolute atomic E-state index is 0.0304. The first-order chi connectivity index (χ1) is 13.7. The van der Waals surface area contributed by atoms with Gasteiger partial charge in [-0.3, -0.25) is 4.79 Å². The van der Waals surface area contributed by atoms with Crippen LogP contribution in [0.15, 0.2) is 28.9 Å². The van der Waals surface area contributed by atoms with Gasteiger partial charge < -0.3 is 18.9 Å². The van der Waals surface area contributed by atoms with Gasteiger partial charge in [0.05, 0.1) is 12.2 Å². The van der Waals surface area contributed by atoms with Crippen molar-refractivity contribution in [2.45, 2.75) is 25.8 Å². The monoisotopic (exact) mass is 382 g/mol. The largest absolute Gasteiger partial charge is 0.454 e. The van der Waals surface area contributed by atoms with Crippen LogP contribution in [0.25, 0.3) is 11.5 Å². The van der Waals surface area contributed by atoms with Crippen molar-refractivity contribution >= 4 is 5.91 Å². The number of rotatable bonds is 3. The summed E-state index contributed by atoms with van der Waals surface area (Å²) in [4.78, 5) is 19.0. The number of fused-ring (bicyclic) bond motifs is 1. The third kappa shape index (κ3) is 2.96. The van der Waals surface area contributed by atoms with Crippen LogP contribution < -0.4 is 9.47 Å². The maximum atomic E-state index is 13.0. The lowest BCUT2D eigenvalue weighted by Crippen LogP contribution is -2.40. The second kappa shape index (κ2) is 6.63. The number of hydrogen-bond acceptors (Lipinski definition) is 8. The second-order valence-electron chi connectivity index (χ2n) is 6.84. The highest BCUT2D eigenvalue weighted by Gasteiger charge is 2.28. The lowest BCUT2D eigenvalue weighted by Gasteiger charge is -2.32. The summed E-state index contributed by atoms with van der Waals surface area (Å²) in [7, 11) is 0. The van der Waals surface area contributed by atoms with E-state index in [1.165, 1.54) is 0 Å². The zero-order valence-electron chi connectivity index (χ0n) is 15.2. The van der Waals surface area contributed by atoms with Crippen LogP contribution in [0, 0.1) is 6.92 Å². The van der Waals surface area contributed by atoms with Crippen LogP contribution in [0.3, 0.4) is 0 Å². The van der Waals surface area contributed by atoms with Crippen molar-refractivity contribution in [1.29, 1.82) is 0 Å². The fourth-order valence-corrected chi connectivity index (χ4v) is 3.53. The molecule has 0 aliphatic carbocycles. The Labute approximate surface area is 160 Å². The van der Waals surface area contributed by atoms with Gasteiger partial charge in [0.2, 0.25) is 18.5 Å². The number of likely N-dealkylation sites (tertiary alicyclic amines) is 1. The Morgan fingerprint density at radius 2 is 2.14 bits per heavy atom. The summed E-state index contributed by atoms with van der Waals surface area (Å²) in [6.07, 6.45) is 3.60. The quantitative estimate of drug-likeness (QED) is 0.675. The third-order valence-electron chi connectivity index (χ3n) is 4.94. The molecule has 5 rings (SSSR count). The number of piperidine rings is 1. The van der Waals surface area contributed by atoms with Crippen molar-refractivity contribution in [3.8, 4) is 23.0 Å². The number of hydrogen-bond donors (Lipinski definition) is 0. The highest BCUT2D eigenvalue weighted by molar-refractivity contribution is 5.95. The molecular formula is C18H18N6O4. The van der Waals surface area contributed by atoms with Crippen LogP contribution >= 0.6 is 0 Å². The van der Waals surface area contributed by atoms with E-state index in [0.717, 1.165) is 12.8 Å². The van der Waals surface area contributed by atoms with E-state index in [2.05, 4.69) is 20.5 Å². The number of carbonyl (C=O) groups excluding carboxylic acids is 1. The smallest absolute Gasteiger partial charge is 0.254 e. The van der Waals surface area contributed by atoms with Crippen LogP contribution in [0.5, 0.6) is 11.5 Å². The second-order valence-corrected chi connectivity index (χ2v) is 6.84. The normalized spacial score (nSPS) is 18.5. The molecule has 0 bridgehead atoms. The first-order valence-electron chi connectivity index (χ1n) is 9.09. The molecule has 0 saturated carbocycles. The Kier molecular flexibility index (Phi) is 3.96. The van der Waals surface area contributed by atoms with Crippen molar-refractivity contribution in [2.75, 3.05) is 19.9 Å². The van der Waals surface area contributed by atoms with Crippen molar-refractivity contribution in [2.24, 2.45) is 0 Å². The summed E-state index contributed by atoms with van der Waals surface area (Å²) in [5.41, 5.74) is 1.14. The molecule has 2 aromatic heterocycles. The minimum atomic E-state index is -0.0304. The fraction of sp³-hybridized carbons (Fsp3) is 0.389. The minimum Gasteiger partial charge on any atom is -0.454 e. The highest BCUT2D eigenvalue weighted by Crippen LogP contribution is 2.33. The number of nitrogens with zero attached hydrogens (tertiary/aromatic N) is 6. The van der Waals surface area contributed by atoms with Gasteiger partial charge in [-0.2, -0.15) is 4.98 Å². The number of aryl methyl sites for hydroxylation is 1. The molecule has 1 fully saturated rings. The van der Waals surface area contributed by atoms with Crippen molar-refractivity contribution in [3.05, 3.63) is 35.9 Å². The number of amides is 1. The lowest BCUT2D eigenvalue weighted by atomic mass is 10.0. The van der Waals surface area contributed by atoms with Crippen LogP contribution in [0.1, 0.15) is 35.1 Å². The van der Waals surface area contributed by atoms with Gasteiger partial charge in [0.25, 0.3) is 5.91 Å². The van der Waals surface area contributed by atoms with E-state index in [4.69, 9.17) is 14.0 Å². The molecule has 1 amide bonds. The van der Waals surface area contributed by atoms with Gasteiger partial charge in [-0.15, -0.1) is 5.10 Å². The molecule has 1 aromatic carbocycles. The molecule has 10 nitrogen and oxygen atoms in total. The van der Waals surface area contributed by atoms with Crippen LogP contribution in [-0.4, -0.2) is 55.8 Å². The van der Waals surface area contributed by atoms with Gasteiger partial charge in [0.15, 0.2) is 17.2 Å². The van der Waals surface area contributed by atoms with Gasteiger partial charge in [-0.1, -0.05) is 10.4 Å². The molecular weight excluding hydrogens is 364 g/mol. The average molecular weight is 382 g/mol. The van der Waals surface area contributed by atoms with Crippen LogP contribution in [0.4, 0.5) is 0 Å². The molecule has 0 radical (unpaired) electrons. The molecule has 10 heteroatoms. The Bertz CT molecular complexity index is 1030. The zero-order chi connectivity index (χ0) is 19.1. The first-order valence-corrected chi connectivity index (χ1v) is 9.09. The maximum absolute atomic E-state index is 13.0. The van der Waals surface area contributed by atoms with E-state index in [1.54, 1.807) is 36.0 Å². The standard InChI is InChI=1S/C18H18N6O4/c1-11-19-17(21-28-11)14-9-24(22-20-14)13-3-2-6-23(8-13)18(25)12-4-5-15-16(7-12)27-10-26-15/h4-5,7,9,13H,2-3,6,8,10H2,1H3/t13-/m0/s1. The van der Waals surface area contributed by atoms with Gasteiger partial charge in [0, 0.05) is 25.6 Å². The highest BCUT2D eigenvalue weighted by atomic mass is 16.7. The molecule has 3 aromatic rings. The van der Waals surface area contributed by atoms with Gasteiger partial charge in [-0.05, 0) is 31.0 Å². The predicted molar refractivity (Wildman–Crippen MR) is 94.8 cm³/mol. The van der Waals surface area contributed by atoms with E-state index < -0.39 is 0 Å².